The molecule has 0 saturated heterocycles. The van der Waals surface area contributed by atoms with Gasteiger partial charge in [-0.2, -0.15) is 17.0 Å². The van der Waals surface area contributed by atoms with Crippen LogP contribution in [-0.4, -0.2) is 18.1 Å². The van der Waals surface area contributed by atoms with E-state index in [1.54, 1.807) is 0 Å². The smallest absolute Gasteiger partial charge is 0.122 e. The molecule has 0 spiro atoms. The van der Waals surface area contributed by atoms with Crippen LogP contribution in [-0.2, 0) is 0 Å². The summed E-state index contributed by atoms with van der Waals surface area (Å²) in [6, 6.07) is 10.3. The van der Waals surface area contributed by atoms with Gasteiger partial charge >= 0.3 is 0 Å². The van der Waals surface area contributed by atoms with Gasteiger partial charge in [-0.25, -0.2) is 0 Å². The number of hydrogen-bond donors (Lipinski definition) is 0. The molecular weight excluding hydrogens is 242 g/mol. The summed E-state index contributed by atoms with van der Waals surface area (Å²) < 4.78 is 5.73. The molecule has 2 nitrogen and oxygen atoms in total. The highest BCUT2D eigenvalue weighted by molar-refractivity contribution is 7.99. The molecule has 0 heterocycles. The maximum Gasteiger partial charge on any atom is 0.122 e. The largest absolute Gasteiger partial charge is 0.493 e. The van der Waals surface area contributed by atoms with Crippen molar-refractivity contribution in [3.8, 4) is 11.8 Å². The molecule has 0 N–H and O–H groups in total. The lowest BCUT2D eigenvalue weighted by Crippen LogP contribution is -1.99. The van der Waals surface area contributed by atoms with Gasteiger partial charge in [-0.1, -0.05) is 18.2 Å². The zero-order valence-electron chi connectivity index (χ0n) is 11.0. The van der Waals surface area contributed by atoms with Crippen LogP contribution in [0.5, 0.6) is 5.75 Å². The van der Waals surface area contributed by atoms with E-state index in [4.69, 9.17) is 10.00 Å². The van der Waals surface area contributed by atoms with Crippen molar-refractivity contribution in [1.29, 1.82) is 5.26 Å². The van der Waals surface area contributed by atoms with Crippen molar-refractivity contribution in [2.45, 2.75) is 32.6 Å². The summed E-state index contributed by atoms with van der Waals surface area (Å²) in [5, 5.41) is 8.39. The van der Waals surface area contributed by atoms with E-state index in [1.807, 2.05) is 30.0 Å². The lowest BCUT2D eigenvalue weighted by atomic mass is 10.2. The van der Waals surface area contributed by atoms with E-state index >= 15 is 0 Å². The normalized spacial score (nSPS) is 10.0. The van der Waals surface area contributed by atoms with Crippen molar-refractivity contribution in [1.82, 2.24) is 0 Å². The summed E-state index contributed by atoms with van der Waals surface area (Å²) >= 11 is 1.94. The maximum absolute atomic E-state index is 8.39. The van der Waals surface area contributed by atoms with E-state index < -0.39 is 0 Å². The van der Waals surface area contributed by atoms with E-state index in [9.17, 15) is 0 Å². The van der Waals surface area contributed by atoms with Crippen molar-refractivity contribution < 1.29 is 4.74 Å². The topological polar surface area (TPSA) is 33.0 Å². The second-order valence-electron chi connectivity index (χ2n) is 4.20. The Kier molecular flexibility index (Phi) is 8.16. The average Bonchev–Trinajstić information content (AvgIpc) is 2.39. The molecule has 0 fully saturated rings. The van der Waals surface area contributed by atoms with Crippen LogP contribution in [0.3, 0.4) is 0 Å². The Bertz CT molecular complexity index is 373. The summed E-state index contributed by atoms with van der Waals surface area (Å²) in [7, 11) is 0. The third-order valence-corrected chi connectivity index (χ3v) is 3.77. The van der Waals surface area contributed by atoms with Gasteiger partial charge in [0.1, 0.15) is 5.75 Å². The number of aryl methyl sites for hydroxylation is 1. The number of hydrogen-bond acceptors (Lipinski definition) is 3. The fraction of sp³-hybridized carbons (Fsp3) is 0.533. The van der Waals surface area contributed by atoms with Crippen molar-refractivity contribution in [2.75, 3.05) is 18.1 Å². The van der Waals surface area contributed by atoms with Gasteiger partial charge in [-0.05, 0) is 49.3 Å². The first-order chi connectivity index (χ1) is 8.84. The van der Waals surface area contributed by atoms with Crippen LogP contribution in [0.1, 0.15) is 31.2 Å². The molecule has 1 rings (SSSR count). The Hall–Kier alpha value is -1.14. The zero-order chi connectivity index (χ0) is 13.1. The minimum Gasteiger partial charge on any atom is -0.493 e. The molecule has 0 aromatic heterocycles. The van der Waals surface area contributed by atoms with Crippen LogP contribution in [0.15, 0.2) is 24.3 Å². The van der Waals surface area contributed by atoms with Crippen LogP contribution in [0.2, 0.25) is 0 Å². The standard InChI is InChI=1S/C15H21NOS/c1-14-8-2-3-9-15(14)17-11-5-7-13-18-12-6-4-10-16/h2-3,8-9H,4-7,11-13H2,1H3. The van der Waals surface area contributed by atoms with E-state index in [2.05, 4.69) is 19.1 Å². The first kappa shape index (κ1) is 14.9. The van der Waals surface area contributed by atoms with Crippen molar-refractivity contribution >= 4 is 11.8 Å². The summed E-state index contributed by atoms with van der Waals surface area (Å²) in [5.74, 6) is 3.27. The van der Waals surface area contributed by atoms with Crippen molar-refractivity contribution in [2.24, 2.45) is 0 Å². The highest BCUT2D eigenvalue weighted by Crippen LogP contribution is 2.16. The van der Waals surface area contributed by atoms with Crippen molar-refractivity contribution in [3.05, 3.63) is 29.8 Å². The maximum atomic E-state index is 8.39. The molecule has 0 amide bonds. The SMILES string of the molecule is Cc1ccccc1OCCCCSCCCC#N. The summed E-state index contributed by atoms with van der Waals surface area (Å²) in [5.41, 5.74) is 1.20. The summed E-state index contributed by atoms with van der Waals surface area (Å²) in [4.78, 5) is 0. The monoisotopic (exact) mass is 263 g/mol. The van der Waals surface area contributed by atoms with Gasteiger partial charge in [0.15, 0.2) is 0 Å². The molecule has 0 atom stereocenters. The molecule has 0 unspecified atom stereocenters. The molecule has 0 saturated carbocycles. The molecule has 98 valence electrons. The van der Waals surface area contributed by atoms with E-state index in [1.165, 1.54) is 17.7 Å². The molecule has 0 aliphatic carbocycles. The fourth-order valence-electron chi connectivity index (χ4n) is 1.56. The van der Waals surface area contributed by atoms with Gasteiger partial charge in [0.25, 0.3) is 0 Å². The first-order valence-electron chi connectivity index (χ1n) is 6.47. The average molecular weight is 263 g/mol. The van der Waals surface area contributed by atoms with Crippen LogP contribution < -0.4 is 4.74 Å². The number of para-hydroxylation sites is 1. The quantitative estimate of drug-likeness (QED) is 0.626. The van der Waals surface area contributed by atoms with Crippen LogP contribution in [0.25, 0.3) is 0 Å². The van der Waals surface area contributed by atoms with Crippen molar-refractivity contribution in [3.63, 3.8) is 0 Å². The first-order valence-corrected chi connectivity index (χ1v) is 7.63. The molecule has 18 heavy (non-hydrogen) atoms. The van der Waals surface area contributed by atoms with Crippen LogP contribution in [0, 0.1) is 18.3 Å². The Labute approximate surface area is 114 Å². The summed E-state index contributed by atoms with van der Waals surface area (Å²) in [6.45, 7) is 2.87. The zero-order valence-corrected chi connectivity index (χ0v) is 11.8. The van der Waals surface area contributed by atoms with Gasteiger partial charge in [0.2, 0.25) is 0 Å². The number of benzene rings is 1. The number of ether oxygens (including phenoxy) is 1. The third-order valence-electron chi connectivity index (χ3n) is 2.61. The Balaban J connectivity index is 1.96. The second kappa shape index (κ2) is 9.85. The van der Waals surface area contributed by atoms with Crippen LogP contribution in [0.4, 0.5) is 0 Å². The number of thioether (sulfide) groups is 1. The molecule has 3 heteroatoms. The van der Waals surface area contributed by atoms with Gasteiger partial charge in [0, 0.05) is 6.42 Å². The minimum absolute atomic E-state index is 0.684. The van der Waals surface area contributed by atoms with Gasteiger partial charge in [0.05, 0.1) is 12.7 Å². The predicted molar refractivity (Wildman–Crippen MR) is 78.1 cm³/mol. The number of rotatable bonds is 9. The van der Waals surface area contributed by atoms with Gasteiger partial charge < -0.3 is 4.74 Å². The molecule has 0 aliphatic heterocycles. The lowest BCUT2D eigenvalue weighted by molar-refractivity contribution is 0.308. The van der Waals surface area contributed by atoms with Gasteiger partial charge in [-0.3, -0.25) is 0 Å². The lowest BCUT2D eigenvalue weighted by Gasteiger charge is -2.08. The summed E-state index contributed by atoms with van der Waals surface area (Å²) in [6.07, 6.45) is 3.98. The Morgan fingerprint density at radius 2 is 1.94 bits per heavy atom. The molecule has 1 aromatic rings. The number of nitrogens with zero attached hydrogens (tertiary/aromatic N) is 1. The van der Waals surface area contributed by atoms with E-state index in [0.29, 0.717) is 6.42 Å². The van der Waals surface area contributed by atoms with Crippen LogP contribution >= 0.6 is 11.8 Å². The number of unbranched alkanes of at least 4 members (excludes halogenated alkanes) is 2. The highest BCUT2D eigenvalue weighted by Gasteiger charge is 1.97. The molecule has 0 aliphatic rings. The van der Waals surface area contributed by atoms with E-state index in [0.717, 1.165) is 31.0 Å². The predicted octanol–water partition coefficient (Wildman–Crippen LogP) is 4.19. The molecule has 0 bridgehead atoms. The second-order valence-corrected chi connectivity index (χ2v) is 5.42. The third kappa shape index (κ3) is 6.56. The van der Waals surface area contributed by atoms with E-state index in [-0.39, 0.29) is 0 Å². The minimum atomic E-state index is 0.684. The molecule has 0 radical (unpaired) electrons. The fourth-order valence-corrected chi connectivity index (χ4v) is 2.52. The molecular formula is C15H21NOS. The number of nitriles is 1. The van der Waals surface area contributed by atoms with Gasteiger partial charge in [-0.15, -0.1) is 0 Å². The Morgan fingerprint density at radius 1 is 1.17 bits per heavy atom. The highest BCUT2D eigenvalue weighted by atomic mass is 32.2. The Morgan fingerprint density at radius 3 is 2.72 bits per heavy atom. The molecule has 1 aromatic carbocycles.